The van der Waals surface area contributed by atoms with Crippen LogP contribution in [0.5, 0.6) is 5.75 Å². The van der Waals surface area contributed by atoms with Gasteiger partial charge in [-0.05, 0) is 49.4 Å². The van der Waals surface area contributed by atoms with Crippen molar-refractivity contribution < 1.29 is 9.50 Å². The van der Waals surface area contributed by atoms with E-state index in [1.807, 2.05) is 31.2 Å². The molecule has 94 valence electrons. The molecule has 0 aromatic heterocycles. The summed E-state index contributed by atoms with van der Waals surface area (Å²) >= 11 is 3.36. The summed E-state index contributed by atoms with van der Waals surface area (Å²) in [5.74, 6) is -0.263. The summed E-state index contributed by atoms with van der Waals surface area (Å²) in [6.45, 7) is 1.87. The molecule has 4 heteroatoms. The van der Waals surface area contributed by atoms with Crippen LogP contribution in [0.3, 0.4) is 0 Å². The highest BCUT2D eigenvalue weighted by Gasteiger charge is 2.11. The van der Waals surface area contributed by atoms with Gasteiger partial charge in [0.05, 0.1) is 6.04 Å². The summed E-state index contributed by atoms with van der Waals surface area (Å²) in [6, 6.07) is 11.4. The number of hydrogen-bond donors (Lipinski definition) is 2. The van der Waals surface area contributed by atoms with Gasteiger partial charge in [-0.1, -0.05) is 15.9 Å². The second-order valence-electron chi connectivity index (χ2n) is 4.08. The number of halogens is 2. The van der Waals surface area contributed by atoms with Gasteiger partial charge in [-0.15, -0.1) is 0 Å². The Balaban J connectivity index is 2.18. The fourth-order valence-corrected chi connectivity index (χ4v) is 2.01. The van der Waals surface area contributed by atoms with Crippen molar-refractivity contribution in [1.82, 2.24) is 0 Å². The molecule has 0 saturated carbocycles. The zero-order chi connectivity index (χ0) is 13.1. The van der Waals surface area contributed by atoms with Gasteiger partial charge in [0.15, 0.2) is 0 Å². The first-order valence-electron chi connectivity index (χ1n) is 5.57. The maximum Gasteiger partial charge on any atom is 0.123 e. The van der Waals surface area contributed by atoms with E-state index in [0.29, 0.717) is 5.56 Å². The molecule has 2 nitrogen and oxygen atoms in total. The third-order valence-corrected chi connectivity index (χ3v) is 3.21. The van der Waals surface area contributed by atoms with Crippen molar-refractivity contribution in [3.63, 3.8) is 0 Å². The normalized spacial score (nSPS) is 12.2. The van der Waals surface area contributed by atoms with Gasteiger partial charge in [-0.3, -0.25) is 0 Å². The van der Waals surface area contributed by atoms with Gasteiger partial charge in [-0.25, -0.2) is 4.39 Å². The molecule has 2 aromatic carbocycles. The van der Waals surface area contributed by atoms with Crippen molar-refractivity contribution in [3.05, 3.63) is 58.3 Å². The van der Waals surface area contributed by atoms with Crippen molar-refractivity contribution in [2.45, 2.75) is 13.0 Å². The summed E-state index contributed by atoms with van der Waals surface area (Å²) in [6.07, 6.45) is 0. The standard InChI is InChI=1S/C14H13BrFNO/c1-9(13-8-11(16)4-7-14(13)18)17-12-5-2-10(15)3-6-12/h2-9,17-18H,1H3. The first kappa shape index (κ1) is 12.9. The van der Waals surface area contributed by atoms with E-state index in [-0.39, 0.29) is 17.6 Å². The molecule has 2 aromatic rings. The topological polar surface area (TPSA) is 32.3 Å². The highest BCUT2D eigenvalue weighted by molar-refractivity contribution is 9.10. The Labute approximate surface area is 114 Å². The van der Waals surface area contributed by atoms with Gasteiger partial charge in [0.1, 0.15) is 11.6 Å². The number of hydrogen-bond acceptors (Lipinski definition) is 2. The van der Waals surface area contributed by atoms with Crippen LogP contribution in [0.2, 0.25) is 0 Å². The van der Waals surface area contributed by atoms with Crippen LogP contribution in [0.1, 0.15) is 18.5 Å². The second-order valence-corrected chi connectivity index (χ2v) is 4.99. The smallest absolute Gasteiger partial charge is 0.123 e. The van der Waals surface area contributed by atoms with Gasteiger partial charge < -0.3 is 10.4 Å². The molecule has 1 atom stereocenters. The van der Waals surface area contributed by atoms with E-state index in [9.17, 15) is 9.50 Å². The fraction of sp³-hybridized carbons (Fsp3) is 0.143. The molecule has 0 bridgehead atoms. The van der Waals surface area contributed by atoms with E-state index in [1.54, 1.807) is 0 Å². The number of anilines is 1. The zero-order valence-electron chi connectivity index (χ0n) is 9.82. The van der Waals surface area contributed by atoms with Crippen molar-refractivity contribution >= 4 is 21.6 Å². The van der Waals surface area contributed by atoms with Crippen LogP contribution in [-0.4, -0.2) is 5.11 Å². The number of phenolic OH excluding ortho intramolecular Hbond substituents is 1. The van der Waals surface area contributed by atoms with Crippen LogP contribution in [0.15, 0.2) is 46.9 Å². The number of rotatable bonds is 3. The monoisotopic (exact) mass is 309 g/mol. The summed E-state index contributed by atoms with van der Waals surface area (Å²) in [5.41, 5.74) is 1.45. The SMILES string of the molecule is CC(Nc1ccc(Br)cc1)c1cc(F)ccc1O. The minimum absolute atomic E-state index is 0.0912. The van der Waals surface area contributed by atoms with E-state index in [4.69, 9.17) is 0 Å². The lowest BCUT2D eigenvalue weighted by Crippen LogP contribution is -2.07. The van der Waals surface area contributed by atoms with Gasteiger partial charge >= 0.3 is 0 Å². The second kappa shape index (κ2) is 5.40. The van der Waals surface area contributed by atoms with E-state index in [1.165, 1.54) is 18.2 Å². The molecule has 0 amide bonds. The Morgan fingerprint density at radius 1 is 1.17 bits per heavy atom. The van der Waals surface area contributed by atoms with Crippen LogP contribution >= 0.6 is 15.9 Å². The first-order chi connectivity index (χ1) is 8.56. The minimum atomic E-state index is -0.354. The fourth-order valence-electron chi connectivity index (χ4n) is 1.75. The van der Waals surface area contributed by atoms with Crippen LogP contribution in [0.25, 0.3) is 0 Å². The van der Waals surface area contributed by atoms with Crippen molar-refractivity contribution in [2.24, 2.45) is 0 Å². The first-order valence-corrected chi connectivity index (χ1v) is 6.36. The molecule has 2 N–H and O–H groups in total. The van der Waals surface area contributed by atoms with E-state index >= 15 is 0 Å². The molecule has 18 heavy (non-hydrogen) atoms. The molecule has 0 fully saturated rings. The summed E-state index contributed by atoms with van der Waals surface area (Å²) in [4.78, 5) is 0. The molecule has 0 aliphatic carbocycles. The van der Waals surface area contributed by atoms with Gasteiger partial charge in [0.25, 0.3) is 0 Å². The van der Waals surface area contributed by atoms with E-state index in [0.717, 1.165) is 10.2 Å². The Morgan fingerprint density at radius 2 is 1.83 bits per heavy atom. The maximum absolute atomic E-state index is 13.2. The average molecular weight is 310 g/mol. The lowest BCUT2D eigenvalue weighted by molar-refractivity contribution is 0.462. The van der Waals surface area contributed by atoms with Gasteiger partial charge in [-0.2, -0.15) is 0 Å². The largest absolute Gasteiger partial charge is 0.508 e. The lowest BCUT2D eigenvalue weighted by atomic mass is 10.1. The summed E-state index contributed by atoms with van der Waals surface area (Å²) < 4.78 is 14.1. The Kier molecular flexibility index (Phi) is 3.87. The third-order valence-electron chi connectivity index (χ3n) is 2.68. The van der Waals surface area contributed by atoms with Crippen molar-refractivity contribution in [1.29, 1.82) is 0 Å². The quantitative estimate of drug-likeness (QED) is 0.877. The van der Waals surface area contributed by atoms with Gasteiger partial charge in [0, 0.05) is 15.7 Å². The average Bonchev–Trinajstić information content (AvgIpc) is 2.35. The van der Waals surface area contributed by atoms with E-state index < -0.39 is 0 Å². The summed E-state index contributed by atoms with van der Waals surface area (Å²) in [7, 11) is 0. The molecule has 0 saturated heterocycles. The molecule has 1 unspecified atom stereocenters. The van der Waals surface area contributed by atoms with Crippen LogP contribution in [-0.2, 0) is 0 Å². The van der Waals surface area contributed by atoms with Crippen molar-refractivity contribution in [2.75, 3.05) is 5.32 Å². The maximum atomic E-state index is 13.2. The molecular formula is C14H13BrFNO. The minimum Gasteiger partial charge on any atom is -0.508 e. The number of benzene rings is 2. The molecule has 0 spiro atoms. The molecule has 0 aliphatic rings. The molecule has 0 aliphatic heterocycles. The summed E-state index contributed by atoms with van der Waals surface area (Å²) in [5, 5.41) is 12.9. The third kappa shape index (κ3) is 3.01. The van der Waals surface area contributed by atoms with Crippen LogP contribution in [0, 0.1) is 5.82 Å². The highest BCUT2D eigenvalue weighted by atomic mass is 79.9. The molecule has 0 radical (unpaired) electrons. The predicted molar refractivity (Wildman–Crippen MR) is 74.2 cm³/mol. The molecule has 2 rings (SSSR count). The van der Waals surface area contributed by atoms with Crippen LogP contribution in [0.4, 0.5) is 10.1 Å². The number of nitrogens with one attached hydrogen (secondary N) is 1. The molecular weight excluding hydrogens is 297 g/mol. The molecule has 0 heterocycles. The number of phenols is 1. The Hall–Kier alpha value is -1.55. The Bertz CT molecular complexity index is 542. The number of aromatic hydroxyl groups is 1. The highest BCUT2D eigenvalue weighted by Crippen LogP contribution is 2.27. The van der Waals surface area contributed by atoms with Crippen LogP contribution < -0.4 is 5.32 Å². The predicted octanol–water partition coefficient (Wildman–Crippen LogP) is 4.47. The lowest BCUT2D eigenvalue weighted by Gasteiger charge is -2.17. The Morgan fingerprint density at radius 3 is 2.50 bits per heavy atom. The zero-order valence-corrected chi connectivity index (χ0v) is 11.4. The van der Waals surface area contributed by atoms with Gasteiger partial charge in [0.2, 0.25) is 0 Å². The van der Waals surface area contributed by atoms with Crippen molar-refractivity contribution in [3.8, 4) is 5.75 Å². The van der Waals surface area contributed by atoms with E-state index in [2.05, 4.69) is 21.2 Å².